The molecule has 3 rings (SSSR count). The van der Waals surface area contributed by atoms with E-state index in [1.165, 1.54) is 29.2 Å². The van der Waals surface area contributed by atoms with Crippen LogP contribution in [-0.2, 0) is 21.2 Å². The van der Waals surface area contributed by atoms with Crippen molar-refractivity contribution in [2.24, 2.45) is 5.92 Å². The third-order valence-electron chi connectivity index (χ3n) is 6.12. The number of ether oxygens (including phenoxy) is 1. The lowest BCUT2D eigenvalue weighted by atomic mass is 10.0. The molecule has 3 atom stereocenters. The highest BCUT2D eigenvalue weighted by molar-refractivity contribution is 7.92. The van der Waals surface area contributed by atoms with Crippen LogP contribution in [-0.4, -0.2) is 80.4 Å². The van der Waals surface area contributed by atoms with Gasteiger partial charge in [-0.15, -0.1) is 0 Å². The van der Waals surface area contributed by atoms with E-state index in [1.54, 1.807) is 37.1 Å². The number of anilines is 2. The summed E-state index contributed by atoms with van der Waals surface area (Å²) in [6.07, 6.45) is 0.431. The second-order valence-electron chi connectivity index (χ2n) is 9.40. The Kier molecular flexibility index (Phi) is 8.98. The van der Waals surface area contributed by atoms with E-state index < -0.39 is 34.0 Å². The van der Waals surface area contributed by atoms with E-state index >= 15 is 0 Å². The Labute approximate surface area is 216 Å². The third kappa shape index (κ3) is 7.80. The maximum atomic E-state index is 13.2. The van der Waals surface area contributed by atoms with E-state index in [1.807, 2.05) is 6.92 Å². The van der Waals surface area contributed by atoms with E-state index in [-0.39, 0.29) is 37.9 Å². The number of nitrogens with zero attached hydrogens (tertiary/aromatic N) is 2. The summed E-state index contributed by atoms with van der Waals surface area (Å²) in [6.45, 7) is 3.84. The number of amides is 3. The zero-order valence-corrected chi connectivity index (χ0v) is 22.1. The molecule has 2 aromatic carbocycles. The highest BCUT2D eigenvalue weighted by Crippen LogP contribution is 2.29. The lowest BCUT2D eigenvalue weighted by molar-refractivity contribution is -0.134. The fourth-order valence-corrected chi connectivity index (χ4v) is 4.59. The molecule has 0 saturated heterocycles. The molecule has 3 amide bonds. The van der Waals surface area contributed by atoms with Crippen molar-refractivity contribution in [1.29, 1.82) is 0 Å². The summed E-state index contributed by atoms with van der Waals surface area (Å²) < 4.78 is 45.3. The number of urea groups is 1. The molecule has 0 unspecified atom stereocenters. The van der Waals surface area contributed by atoms with Crippen molar-refractivity contribution in [3.05, 3.63) is 53.8 Å². The van der Waals surface area contributed by atoms with Crippen molar-refractivity contribution in [3.63, 3.8) is 0 Å². The van der Waals surface area contributed by atoms with Crippen molar-refractivity contribution >= 4 is 33.3 Å². The van der Waals surface area contributed by atoms with Crippen LogP contribution in [0.1, 0.15) is 19.4 Å². The minimum atomic E-state index is -3.53. The number of aliphatic hydroxyl groups excluding tert-OH is 1. The molecule has 10 nitrogen and oxygen atoms in total. The van der Waals surface area contributed by atoms with Gasteiger partial charge in [0.25, 0.3) is 0 Å². The van der Waals surface area contributed by atoms with E-state index in [2.05, 4.69) is 10.0 Å². The molecule has 1 heterocycles. The van der Waals surface area contributed by atoms with Crippen LogP contribution in [0.3, 0.4) is 0 Å². The van der Waals surface area contributed by atoms with Crippen molar-refractivity contribution < 1.29 is 32.2 Å². The molecule has 1 aliphatic rings. The van der Waals surface area contributed by atoms with Crippen LogP contribution < -0.4 is 14.8 Å². The fourth-order valence-electron chi connectivity index (χ4n) is 4.03. The first-order valence-corrected chi connectivity index (χ1v) is 13.7. The van der Waals surface area contributed by atoms with Gasteiger partial charge >= 0.3 is 6.03 Å². The average Bonchev–Trinajstić information content (AvgIpc) is 2.87. The number of sulfonamides is 1. The Balaban J connectivity index is 1.89. The van der Waals surface area contributed by atoms with Crippen molar-refractivity contribution in [2.45, 2.75) is 32.4 Å². The van der Waals surface area contributed by atoms with Crippen molar-refractivity contribution in [3.8, 4) is 5.75 Å². The third-order valence-corrected chi connectivity index (χ3v) is 6.72. The van der Waals surface area contributed by atoms with Gasteiger partial charge in [0.05, 0.1) is 31.9 Å². The Hall–Kier alpha value is -3.38. The standard InChI is InChI=1S/C25H33FN4O6S/c1-16-13-30(17(2)15-31)24(32)12-18-11-21(28-37(4,34)35)9-10-22(18)36-23(16)14-29(3)25(33)27-20-7-5-19(26)6-8-20/h5-11,16-17,23,28,31H,12-15H2,1-4H3,(H,27,33)/t16-,17+,23+/m1/s1. The minimum absolute atomic E-state index is 0.0563. The van der Waals surface area contributed by atoms with Crippen LogP contribution in [0.5, 0.6) is 5.75 Å². The summed E-state index contributed by atoms with van der Waals surface area (Å²) in [4.78, 5) is 29.0. The van der Waals surface area contributed by atoms with Crippen LogP contribution >= 0.6 is 0 Å². The van der Waals surface area contributed by atoms with Crippen LogP contribution in [0, 0.1) is 11.7 Å². The molecule has 0 bridgehead atoms. The lowest BCUT2D eigenvalue weighted by Crippen LogP contribution is -2.48. The van der Waals surface area contributed by atoms with Gasteiger partial charge in [-0.05, 0) is 49.4 Å². The van der Waals surface area contributed by atoms with E-state index in [9.17, 15) is 27.5 Å². The molecule has 202 valence electrons. The van der Waals surface area contributed by atoms with Gasteiger partial charge in [-0.2, -0.15) is 0 Å². The molecule has 37 heavy (non-hydrogen) atoms. The summed E-state index contributed by atoms with van der Waals surface area (Å²) in [6, 6.07) is 9.22. The summed E-state index contributed by atoms with van der Waals surface area (Å²) in [5.41, 5.74) is 1.21. The maximum absolute atomic E-state index is 13.2. The molecular weight excluding hydrogens is 503 g/mol. The van der Waals surface area contributed by atoms with Gasteiger partial charge in [0.2, 0.25) is 15.9 Å². The number of carbonyl (C=O) groups excluding carboxylic acids is 2. The summed E-state index contributed by atoms with van der Waals surface area (Å²) >= 11 is 0. The van der Waals surface area contributed by atoms with E-state index in [0.717, 1.165) is 6.26 Å². The zero-order chi connectivity index (χ0) is 27.3. The molecule has 0 aliphatic carbocycles. The molecule has 1 aliphatic heterocycles. The highest BCUT2D eigenvalue weighted by Gasteiger charge is 2.32. The Morgan fingerprint density at radius 2 is 1.89 bits per heavy atom. The number of halogens is 1. The van der Waals surface area contributed by atoms with Crippen LogP contribution in [0.4, 0.5) is 20.6 Å². The second-order valence-corrected chi connectivity index (χ2v) is 11.2. The number of benzene rings is 2. The molecule has 0 spiro atoms. The average molecular weight is 537 g/mol. The maximum Gasteiger partial charge on any atom is 0.321 e. The second kappa shape index (κ2) is 11.8. The Morgan fingerprint density at radius 1 is 1.24 bits per heavy atom. The first kappa shape index (κ1) is 28.2. The van der Waals surface area contributed by atoms with Crippen LogP contribution in [0.25, 0.3) is 0 Å². The van der Waals surface area contributed by atoms with Gasteiger partial charge in [-0.3, -0.25) is 9.52 Å². The summed E-state index contributed by atoms with van der Waals surface area (Å²) in [7, 11) is -1.94. The van der Waals surface area contributed by atoms with Gasteiger partial charge < -0.3 is 25.0 Å². The Bertz CT molecular complexity index is 1220. The molecule has 12 heteroatoms. The topological polar surface area (TPSA) is 128 Å². The van der Waals surface area contributed by atoms with Crippen LogP contribution in [0.2, 0.25) is 0 Å². The molecule has 3 N–H and O–H groups in total. The summed E-state index contributed by atoms with van der Waals surface area (Å²) in [5, 5.41) is 12.5. The number of carbonyl (C=O) groups is 2. The number of likely N-dealkylation sites (N-methyl/N-ethyl adjacent to an activating group) is 1. The number of nitrogens with one attached hydrogen (secondary N) is 2. The highest BCUT2D eigenvalue weighted by atomic mass is 32.2. The van der Waals surface area contributed by atoms with Gasteiger partial charge in [-0.25, -0.2) is 17.6 Å². The minimum Gasteiger partial charge on any atom is -0.488 e. The zero-order valence-electron chi connectivity index (χ0n) is 21.3. The molecular formula is C25H33FN4O6S. The number of fused-ring (bicyclic) bond motifs is 1. The van der Waals surface area contributed by atoms with Gasteiger partial charge in [-0.1, -0.05) is 6.92 Å². The molecule has 2 aromatic rings. The van der Waals surface area contributed by atoms with Gasteiger partial charge in [0.1, 0.15) is 17.7 Å². The van der Waals surface area contributed by atoms with Crippen LogP contribution in [0.15, 0.2) is 42.5 Å². The number of aliphatic hydroxyl groups is 1. The number of hydrogen-bond donors (Lipinski definition) is 3. The molecule has 0 radical (unpaired) electrons. The smallest absolute Gasteiger partial charge is 0.321 e. The normalized spacial score (nSPS) is 19.0. The number of rotatable bonds is 7. The van der Waals surface area contributed by atoms with E-state index in [4.69, 9.17) is 4.74 Å². The first-order valence-electron chi connectivity index (χ1n) is 11.8. The lowest BCUT2D eigenvalue weighted by Gasteiger charge is -2.34. The van der Waals surface area contributed by atoms with E-state index in [0.29, 0.717) is 22.7 Å². The monoisotopic (exact) mass is 536 g/mol. The Morgan fingerprint density at radius 3 is 2.51 bits per heavy atom. The summed E-state index contributed by atoms with van der Waals surface area (Å²) in [5.74, 6) is -0.490. The van der Waals surface area contributed by atoms with Crippen molar-refractivity contribution in [2.75, 3.05) is 43.0 Å². The van der Waals surface area contributed by atoms with Gasteiger partial charge in [0.15, 0.2) is 0 Å². The quantitative estimate of drug-likeness (QED) is 0.499. The SMILES string of the molecule is C[C@@H]1CN([C@@H](C)CO)C(=O)Cc2cc(NS(C)(=O)=O)ccc2O[C@H]1CN(C)C(=O)Nc1ccc(F)cc1. The van der Waals surface area contributed by atoms with Crippen molar-refractivity contribution in [1.82, 2.24) is 9.80 Å². The fraction of sp³-hybridized carbons (Fsp3) is 0.440. The largest absolute Gasteiger partial charge is 0.488 e. The molecule has 0 fully saturated rings. The predicted molar refractivity (Wildman–Crippen MR) is 139 cm³/mol. The first-order chi connectivity index (χ1) is 17.4. The molecule has 0 aromatic heterocycles. The van der Waals surface area contributed by atoms with Gasteiger partial charge in [0, 0.05) is 36.4 Å². The molecule has 0 saturated carbocycles. The predicted octanol–water partition coefficient (Wildman–Crippen LogP) is 2.51. The number of hydrogen-bond acceptors (Lipinski definition) is 6.